The van der Waals surface area contributed by atoms with Crippen molar-refractivity contribution in [3.05, 3.63) is 59.9 Å². The Balaban J connectivity index is 1.50. The number of amides is 2. The summed E-state index contributed by atoms with van der Waals surface area (Å²) in [7, 11) is 0. The summed E-state index contributed by atoms with van der Waals surface area (Å²) in [6.07, 6.45) is 0. The second-order valence-corrected chi connectivity index (χ2v) is 5.75. The van der Waals surface area contributed by atoms with Crippen LogP contribution in [0.2, 0.25) is 0 Å². The molecule has 5 nitrogen and oxygen atoms in total. The molecule has 1 aliphatic heterocycles. The van der Waals surface area contributed by atoms with Crippen LogP contribution in [-0.4, -0.2) is 42.2 Å². The molecule has 0 aromatic heterocycles. The van der Waals surface area contributed by atoms with Gasteiger partial charge in [0, 0.05) is 32.7 Å². The van der Waals surface area contributed by atoms with E-state index in [9.17, 15) is 14.3 Å². The predicted molar refractivity (Wildman–Crippen MR) is 90.5 cm³/mol. The molecular weight excluding hydrogens is 309 g/mol. The smallest absolute Gasteiger partial charge is 0.317 e. The average Bonchev–Trinajstić information content (AvgIpc) is 2.61. The van der Waals surface area contributed by atoms with Gasteiger partial charge in [0.2, 0.25) is 0 Å². The highest BCUT2D eigenvalue weighted by Crippen LogP contribution is 2.27. The van der Waals surface area contributed by atoms with Crippen molar-refractivity contribution in [1.82, 2.24) is 10.2 Å². The highest BCUT2D eigenvalue weighted by molar-refractivity contribution is 5.74. The maximum absolute atomic E-state index is 12.9. The summed E-state index contributed by atoms with van der Waals surface area (Å²) in [5.41, 5.74) is 1.65. The van der Waals surface area contributed by atoms with E-state index < -0.39 is 0 Å². The fourth-order valence-corrected chi connectivity index (χ4v) is 2.77. The first-order valence-electron chi connectivity index (χ1n) is 7.93. The summed E-state index contributed by atoms with van der Waals surface area (Å²) >= 11 is 0. The van der Waals surface area contributed by atoms with Crippen molar-refractivity contribution in [1.29, 1.82) is 0 Å². The molecule has 2 N–H and O–H groups in total. The molecule has 0 saturated carbocycles. The van der Waals surface area contributed by atoms with Gasteiger partial charge in [0.15, 0.2) is 0 Å². The van der Waals surface area contributed by atoms with Gasteiger partial charge in [-0.15, -0.1) is 0 Å². The molecule has 0 radical (unpaired) electrons. The van der Waals surface area contributed by atoms with Crippen molar-refractivity contribution in [2.45, 2.75) is 6.54 Å². The number of aromatic hydroxyl groups is 1. The number of phenolic OH excluding ortho intramolecular Hbond substituents is 1. The molecule has 126 valence electrons. The summed E-state index contributed by atoms with van der Waals surface area (Å²) in [6, 6.07) is 13.2. The Morgan fingerprint density at radius 2 is 1.71 bits per heavy atom. The first kappa shape index (κ1) is 16.1. The number of hydrogen-bond acceptors (Lipinski definition) is 3. The molecule has 0 unspecified atom stereocenters. The van der Waals surface area contributed by atoms with Crippen LogP contribution in [0.15, 0.2) is 48.5 Å². The molecule has 2 amide bonds. The van der Waals surface area contributed by atoms with E-state index in [4.69, 9.17) is 0 Å². The fourth-order valence-electron chi connectivity index (χ4n) is 2.77. The van der Waals surface area contributed by atoms with Crippen molar-refractivity contribution in [2.75, 3.05) is 31.1 Å². The lowest BCUT2D eigenvalue weighted by Gasteiger charge is -2.36. The van der Waals surface area contributed by atoms with E-state index in [-0.39, 0.29) is 17.6 Å². The molecule has 0 bridgehead atoms. The third kappa shape index (κ3) is 3.76. The minimum atomic E-state index is -0.287. The number of nitrogens with one attached hydrogen (secondary N) is 1. The summed E-state index contributed by atoms with van der Waals surface area (Å²) in [5, 5.41) is 12.8. The number of hydrogen-bond donors (Lipinski definition) is 2. The molecule has 0 aliphatic carbocycles. The summed E-state index contributed by atoms with van der Waals surface area (Å²) < 4.78 is 12.9. The van der Waals surface area contributed by atoms with Crippen LogP contribution in [0.5, 0.6) is 5.75 Å². The SMILES string of the molecule is O=C(NCc1ccc(F)cc1)N1CCN(c2ccccc2O)CC1. The monoisotopic (exact) mass is 329 g/mol. The summed E-state index contributed by atoms with van der Waals surface area (Å²) in [6.45, 7) is 2.88. The van der Waals surface area contributed by atoms with E-state index in [2.05, 4.69) is 10.2 Å². The Morgan fingerprint density at radius 1 is 1.04 bits per heavy atom. The lowest BCUT2D eigenvalue weighted by atomic mass is 10.2. The normalized spacial score (nSPS) is 14.5. The van der Waals surface area contributed by atoms with Gasteiger partial charge in [-0.2, -0.15) is 0 Å². The Kier molecular flexibility index (Phi) is 4.84. The van der Waals surface area contributed by atoms with Gasteiger partial charge in [-0.05, 0) is 29.8 Å². The average molecular weight is 329 g/mol. The van der Waals surface area contributed by atoms with Gasteiger partial charge < -0.3 is 20.2 Å². The van der Waals surface area contributed by atoms with Gasteiger partial charge in [-0.3, -0.25) is 0 Å². The minimum absolute atomic E-state index is 0.128. The van der Waals surface area contributed by atoms with E-state index in [1.165, 1.54) is 12.1 Å². The zero-order chi connectivity index (χ0) is 16.9. The lowest BCUT2D eigenvalue weighted by Crippen LogP contribution is -2.51. The zero-order valence-electron chi connectivity index (χ0n) is 13.3. The highest BCUT2D eigenvalue weighted by Gasteiger charge is 2.22. The molecular formula is C18H20FN3O2. The summed E-state index contributed by atoms with van der Waals surface area (Å²) in [5.74, 6) is -0.0305. The van der Waals surface area contributed by atoms with Crippen LogP contribution < -0.4 is 10.2 Å². The number of anilines is 1. The number of nitrogens with zero attached hydrogens (tertiary/aromatic N) is 2. The highest BCUT2D eigenvalue weighted by atomic mass is 19.1. The largest absolute Gasteiger partial charge is 0.506 e. The maximum atomic E-state index is 12.9. The first-order valence-corrected chi connectivity index (χ1v) is 7.93. The van der Waals surface area contributed by atoms with Gasteiger partial charge in [0.25, 0.3) is 0 Å². The van der Waals surface area contributed by atoms with Crippen LogP contribution in [0.4, 0.5) is 14.9 Å². The van der Waals surface area contributed by atoms with E-state index >= 15 is 0 Å². The van der Waals surface area contributed by atoms with Crippen molar-refractivity contribution in [3.8, 4) is 5.75 Å². The molecule has 0 spiro atoms. The van der Waals surface area contributed by atoms with Gasteiger partial charge in [0.05, 0.1) is 5.69 Å². The number of halogens is 1. The van der Waals surface area contributed by atoms with Crippen LogP contribution in [0.25, 0.3) is 0 Å². The molecule has 6 heteroatoms. The second kappa shape index (κ2) is 7.21. The number of para-hydroxylation sites is 2. The molecule has 1 saturated heterocycles. The van der Waals surface area contributed by atoms with E-state index in [0.717, 1.165) is 11.3 Å². The Labute approximate surface area is 140 Å². The van der Waals surface area contributed by atoms with Gasteiger partial charge in [0.1, 0.15) is 11.6 Å². The number of rotatable bonds is 3. The van der Waals surface area contributed by atoms with E-state index in [0.29, 0.717) is 32.7 Å². The first-order chi connectivity index (χ1) is 11.6. The quantitative estimate of drug-likeness (QED) is 0.910. The molecule has 1 fully saturated rings. The van der Waals surface area contributed by atoms with Gasteiger partial charge >= 0.3 is 6.03 Å². The Morgan fingerprint density at radius 3 is 2.38 bits per heavy atom. The fraction of sp³-hybridized carbons (Fsp3) is 0.278. The standard InChI is InChI=1S/C18H20FN3O2/c19-15-7-5-14(6-8-15)13-20-18(24)22-11-9-21(10-12-22)16-3-1-2-4-17(16)23/h1-8,23H,9-13H2,(H,20,24). The molecule has 3 rings (SSSR count). The van der Waals surface area contributed by atoms with Crippen molar-refractivity contribution >= 4 is 11.7 Å². The Hall–Kier alpha value is -2.76. The van der Waals surface area contributed by atoms with Gasteiger partial charge in [-0.25, -0.2) is 9.18 Å². The number of phenols is 1. The van der Waals surface area contributed by atoms with E-state index in [1.807, 2.05) is 12.1 Å². The number of benzene rings is 2. The maximum Gasteiger partial charge on any atom is 0.317 e. The minimum Gasteiger partial charge on any atom is -0.506 e. The van der Waals surface area contributed by atoms with Crippen LogP contribution >= 0.6 is 0 Å². The molecule has 1 aliphatic rings. The molecule has 2 aromatic carbocycles. The van der Waals surface area contributed by atoms with E-state index in [1.54, 1.807) is 29.2 Å². The Bertz CT molecular complexity index is 698. The van der Waals surface area contributed by atoms with Crippen LogP contribution in [0.3, 0.4) is 0 Å². The second-order valence-electron chi connectivity index (χ2n) is 5.75. The van der Waals surface area contributed by atoms with Crippen molar-refractivity contribution in [3.63, 3.8) is 0 Å². The third-order valence-electron chi connectivity index (χ3n) is 4.15. The topological polar surface area (TPSA) is 55.8 Å². The van der Waals surface area contributed by atoms with Crippen LogP contribution in [-0.2, 0) is 6.54 Å². The third-order valence-corrected chi connectivity index (χ3v) is 4.15. The zero-order valence-corrected chi connectivity index (χ0v) is 13.3. The number of carbonyl (C=O) groups excluding carboxylic acids is 1. The summed E-state index contributed by atoms with van der Waals surface area (Å²) in [4.78, 5) is 16.0. The molecule has 2 aromatic rings. The van der Waals surface area contributed by atoms with Crippen molar-refractivity contribution < 1.29 is 14.3 Å². The van der Waals surface area contributed by atoms with Crippen molar-refractivity contribution in [2.24, 2.45) is 0 Å². The predicted octanol–water partition coefficient (Wildman–Crippen LogP) is 2.56. The number of urea groups is 1. The molecule has 24 heavy (non-hydrogen) atoms. The lowest BCUT2D eigenvalue weighted by molar-refractivity contribution is 0.194. The number of carbonyl (C=O) groups is 1. The van der Waals surface area contributed by atoms with Gasteiger partial charge in [-0.1, -0.05) is 24.3 Å². The molecule has 1 heterocycles. The van der Waals surface area contributed by atoms with Crippen LogP contribution in [0, 0.1) is 5.82 Å². The number of piperazine rings is 1. The molecule has 0 atom stereocenters. The van der Waals surface area contributed by atoms with Crippen LogP contribution in [0.1, 0.15) is 5.56 Å².